The molecule has 1 amide bonds. The average molecular weight is 387 g/mol. The molecule has 0 atom stereocenters. The molecule has 27 heavy (non-hydrogen) atoms. The van der Waals surface area contributed by atoms with Crippen LogP contribution in [0.1, 0.15) is 31.2 Å². The maximum absolute atomic E-state index is 13.3. The Bertz CT molecular complexity index is 873. The SMILES string of the molecule is Cc1ccc(N(CC(=O)N(C)C2CCCC2)S(=O)(=O)c2ccccc2)cc1. The fourth-order valence-corrected chi connectivity index (χ4v) is 4.91. The summed E-state index contributed by atoms with van der Waals surface area (Å²) >= 11 is 0. The first kappa shape index (κ1) is 19.4. The third-order valence-electron chi connectivity index (χ3n) is 5.20. The highest BCUT2D eigenvalue weighted by atomic mass is 32.2. The van der Waals surface area contributed by atoms with Gasteiger partial charge in [0.15, 0.2) is 0 Å². The number of likely N-dealkylation sites (N-methyl/N-ethyl adjacent to an activating group) is 1. The van der Waals surface area contributed by atoms with Crippen molar-refractivity contribution in [1.82, 2.24) is 4.90 Å². The van der Waals surface area contributed by atoms with Crippen molar-refractivity contribution >= 4 is 21.6 Å². The zero-order chi connectivity index (χ0) is 19.4. The van der Waals surface area contributed by atoms with Crippen molar-refractivity contribution in [3.8, 4) is 0 Å². The van der Waals surface area contributed by atoms with Crippen LogP contribution in [-0.4, -0.2) is 38.9 Å². The summed E-state index contributed by atoms with van der Waals surface area (Å²) in [5.74, 6) is -0.179. The third-order valence-corrected chi connectivity index (χ3v) is 6.99. The fourth-order valence-electron chi connectivity index (χ4n) is 3.48. The number of anilines is 1. The summed E-state index contributed by atoms with van der Waals surface area (Å²) in [4.78, 5) is 14.8. The van der Waals surface area contributed by atoms with E-state index in [2.05, 4.69) is 0 Å². The molecule has 1 saturated carbocycles. The smallest absolute Gasteiger partial charge is 0.264 e. The number of sulfonamides is 1. The quantitative estimate of drug-likeness (QED) is 0.762. The second-order valence-electron chi connectivity index (χ2n) is 7.10. The zero-order valence-electron chi connectivity index (χ0n) is 15.8. The van der Waals surface area contributed by atoms with Crippen LogP contribution in [0, 0.1) is 6.92 Å². The predicted molar refractivity (Wildman–Crippen MR) is 107 cm³/mol. The maximum atomic E-state index is 13.3. The minimum absolute atomic E-state index is 0.179. The van der Waals surface area contributed by atoms with E-state index in [1.165, 1.54) is 4.31 Å². The van der Waals surface area contributed by atoms with Crippen LogP contribution in [0.25, 0.3) is 0 Å². The number of hydrogen-bond donors (Lipinski definition) is 0. The molecule has 0 unspecified atom stereocenters. The number of rotatable bonds is 6. The molecule has 0 bridgehead atoms. The van der Waals surface area contributed by atoms with E-state index in [-0.39, 0.29) is 23.4 Å². The van der Waals surface area contributed by atoms with Crippen molar-refractivity contribution in [2.75, 3.05) is 17.9 Å². The molecule has 0 spiro atoms. The second kappa shape index (κ2) is 8.13. The van der Waals surface area contributed by atoms with E-state index >= 15 is 0 Å². The second-order valence-corrected chi connectivity index (χ2v) is 8.97. The van der Waals surface area contributed by atoms with Crippen molar-refractivity contribution in [2.45, 2.75) is 43.5 Å². The molecule has 6 heteroatoms. The zero-order valence-corrected chi connectivity index (χ0v) is 16.7. The standard InChI is InChI=1S/C21H26N2O3S/c1-17-12-14-19(15-13-17)23(27(25,26)20-10-4-3-5-11-20)16-21(24)22(2)18-8-6-7-9-18/h3-5,10-15,18H,6-9,16H2,1-2H3. The molecular formula is C21H26N2O3S. The van der Waals surface area contributed by atoms with Gasteiger partial charge in [-0.15, -0.1) is 0 Å². The molecule has 0 aromatic heterocycles. The molecule has 1 aliphatic rings. The van der Waals surface area contributed by atoms with Crippen LogP contribution in [0.4, 0.5) is 5.69 Å². The summed E-state index contributed by atoms with van der Waals surface area (Å²) in [5, 5.41) is 0. The summed E-state index contributed by atoms with van der Waals surface area (Å²) in [6.45, 7) is 1.74. The first-order valence-corrected chi connectivity index (χ1v) is 10.7. The molecular weight excluding hydrogens is 360 g/mol. The van der Waals surface area contributed by atoms with Gasteiger partial charge in [0.2, 0.25) is 5.91 Å². The van der Waals surface area contributed by atoms with Crippen LogP contribution >= 0.6 is 0 Å². The summed E-state index contributed by atoms with van der Waals surface area (Å²) in [5.41, 5.74) is 1.53. The van der Waals surface area contributed by atoms with Gasteiger partial charge < -0.3 is 4.90 Å². The van der Waals surface area contributed by atoms with Crippen LogP contribution < -0.4 is 4.31 Å². The van der Waals surface area contributed by atoms with Crippen LogP contribution in [0.2, 0.25) is 0 Å². The highest BCUT2D eigenvalue weighted by molar-refractivity contribution is 7.92. The molecule has 2 aromatic rings. The Morgan fingerprint density at radius 1 is 1.00 bits per heavy atom. The van der Waals surface area contributed by atoms with E-state index in [9.17, 15) is 13.2 Å². The topological polar surface area (TPSA) is 57.7 Å². The van der Waals surface area contributed by atoms with Gasteiger partial charge in [-0.2, -0.15) is 0 Å². The van der Waals surface area contributed by atoms with E-state index in [1.807, 2.05) is 19.1 Å². The fraction of sp³-hybridized carbons (Fsp3) is 0.381. The lowest BCUT2D eigenvalue weighted by molar-refractivity contribution is -0.130. The lowest BCUT2D eigenvalue weighted by Gasteiger charge is -2.29. The molecule has 3 rings (SSSR count). The molecule has 0 heterocycles. The predicted octanol–water partition coefficient (Wildman–Crippen LogP) is 3.59. The van der Waals surface area contributed by atoms with E-state index in [4.69, 9.17) is 0 Å². The molecule has 0 aliphatic heterocycles. The van der Waals surface area contributed by atoms with Crippen LogP contribution in [0.15, 0.2) is 59.5 Å². The van der Waals surface area contributed by atoms with Gasteiger partial charge in [0.05, 0.1) is 10.6 Å². The van der Waals surface area contributed by atoms with Crippen LogP contribution in [-0.2, 0) is 14.8 Å². The van der Waals surface area contributed by atoms with Crippen molar-refractivity contribution in [3.05, 3.63) is 60.2 Å². The van der Waals surface area contributed by atoms with Crippen molar-refractivity contribution in [3.63, 3.8) is 0 Å². The summed E-state index contributed by atoms with van der Waals surface area (Å²) in [6, 6.07) is 15.7. The maximum Gasteiger partial charge on any atom is 0.264 e. The molecule has 5 nitrogen and oxygen atoms in total. The molecule has 0 saturated heterocycles. The third kappa shape index (κ3) is 4.33. The van der Waals surface area contributed by atoms with Crippen molar-refractivity contribution < 1.29 is 13.2 Å². The van der Waals surface area contributed by atoms with Gasteiger partial charge in [-0.25, -0.2) is 8.42 Å². The Kier molecular flexibility index (Phi) is 5.85. The van der Waals surface area contributed by atoms with E-state index < -0.39 is 10.0 Å². The number of aryl methyl sites for hydroxylation is 1. The van der Waals surface area contributed by atoms with Crippen molar-refractivity contribution in [1.29, 1.82) is 0 Å². The van der Waals surface area contributed by atoms with Gasteiger partial charge >= 0.3 is 0 Å². The van der Waals surface area contributed by atoms with Crippen LogP contribution in [0.3, 0.4) is 0 Å². The van der Waals surface area contributed by atoms with Crippen molar-refractivity contribution in [2.24, 2.45) is 0 Å². The summed E-state index contributed by atoms with van der Waals surface area (Å²) < 4.78 is 27.7. The molecule has 2 aromatic carbocycles. The number of carbonyl (C=O) groups is 1. The van der Waals surface area contributed by atoms with Crippen LogP contribution in [0.5, 0.6) is 0 Å². The van der Waals surface area contributed by atoms with E-state index in [0.717, 1.165) is 31.2 Å². The molecule has 1 fully saturated rings. The summed E-state index contributed by atoms with van der Waals surface area (Å²) in [6.07, 6.45) is 4.20. The first-order chi connectivity index (χ1) is 12.9. The number of nitrogens with zero attached hydrogens (tertiary/aromatic N) is 2. The largest absolute Gasteiger partial charge is 0.341 e. The van der Waals surface area contributed by atoms with E-state index in [0.29, 0.717) is 5.69 Å². The molecule has 1 aliphatic carbocycles. The highest BCUT2D eigenvalue weighted by Crippen LogP contribution is 2.26. The Labute approximate surface area is 161 Å². The van der Waals surface area contributed by atoms with Gasteiger partial charge in [-0.05, 0) is 44.0 Å². The Balaban J connectivity index is 1.92. The lowest BCUT2D eigenvalue weighted by Crippen LogP contribution is -2.44. The normalized spacial score (nSPS) is 14.9. The minimum atomic E-state index is -3.83. The first-order valence-electron chi connectivity index (χ1n) is 9.30. The lowest BCUT2D eigenvalue weighted by atomic mass is 10.2. The van der Waals surface area contributed by atoms with Gasteiger partial charge in [-0.3, -0.25) is 9.10 Å². The highest BCUT2D eigenvalue weighted by Gasteiger charge is 2.30. The number of amides is 1. The average Bonchev–Trinajstić information content (AvgIpc) is 3.21. The monoisotopic (exact) mass is 386 g/mol. The van der Waals surface area contributed by atoms with Gasteiger partial charge in [0.1, 0.15) is 6.54 Å². The Morgan fingerprint density at radius 3 is 2.19 bits per heavy atom. The van der Waals surface area contributed by atoms with E-state index in [1.54, 1.807) is 54.4 Å². The minimum Gasteiger partial charge on any atom is -0.341 e. The summed E-state index contributed by atoms with van der Waals surface area (Å²) in [7, 11) is -2.05. The number of carbonyl (C=O) groups excluding carboxylic acids is 1. The molecule has 144 valence electrons. The Hall–Kier alpha value is -2.34. The van der Waals surface area contributed by atoms with Gasteiger partial charge in [-0.1, -0.05) is 48.7 Å². The van der Waals surface area contributed by atoms with Gasteiger partial charge in [0, 0.05) is 13.1 Å². The number of hydrogen-bond acceptors (Lipinski definition) is 3. The number of benzene rings is 2. The molecule has 0 radical (unpaired) electrons. The van der Waals surface area contributed by atoms with Gasteiger partial charge in [0.25, 0.3) is 10.0 Å². The molecule has 0 N–H and O–H groups in total. The Morgan fingerprint density at radius 2 is 1.59 bits per heavy atom.